The van der Waals surface area contributed by atoms with Crippen LogP contribution in [0.3, 0.4) is 0 Å². The molecule has 1 spiro atoms. The number of anilines is 2. The highest BCUT2D eigenvalue weighted by atomic mass is 28.3. The average molecular weight is 795 g/mol. The molecule has 14 heteroatoms. The Morgan fingerprint density at radius 3 is 2.53 bits per heavy atom. The first kappa shape index (κ1) is 40.3. The van der Waals surface area contributed by atoms with Crippen LogP contribution in [0.4, 0.5) is 11.4 Å². The Morgan fingerprint density at radius 2 is 1.82 bits per heavy atom. The summed E-state index contributed by atoms with van der Waals surface area (Å²) < 4.78 is 19.6. The Kier molecular flexibility index (Phi) is 12.0. The normalized spacial score (nSPS) is 22.6. The maximum absolute atomic E-state index is 15.3. The van der Waals surface area contributed by atoms with Crippen molar-refractivity contribution in [2.45, 2.75) is 75.4 Å². The van der Waals surface area contributed by atoms with Crippen LogP contribution in [0.15, 0.2) is 79.0 Å². The number of amides is 2. The number of nitrogens with one attached hydrogen (secondary N) is 1. The van der Waals surface area contributed by atoms with Gasteiger partial charge in [0, 0.05) is 56.0 Å². The van der Waals surface area contributed by atoms with Gasteiger partial charge in [0.25, 0.3) is 5.91 Å². The Labute approximate surface area is 335 Å². The molecule has 2 amide bonds. The van der Waals surface area contributed by atoms with Crippen LogP contribution in [0.25, 0.3) is 0 Å². The lowest BCUT2D eigenvalue weighted by molar-refractivity contribution is -0.146. The van der Waals surface area contributed by atoms with Gasteiger partial charge in [-0.15, -0.1) is 5.10 Å². The molecule has 0 saturated carbocycles. The number of carbonyl (C=O) groups excluding carboxylic acids is 3. The Morgan fingerprint density at radius 1 is 1.05 bits per heavy atom. The van der Waals surface area contributed by atoms with Crippen molar-refractivity contribution >= 4 is 42.4 Å². The summed E-state index contributed by atoms with van der Waals surface area (Å²) in [6.45, 7) is 9.12. The highest BCUT2D eigenvalue weighted by Gasteiger charge is 2.66. The Balaban J connectivity index is 1.26. The number of carbonyl (C=O) groups is 3. The number of hydrogen-bond donors (Lipinski definition) is 2. The molecule has 2 saturated heterocycles. The predicted octanol–water partition coefficient (Wildman–Crippen LogP) is 4.34. The molecule has 7 rings (SSSR count). The summed E-state index contributed by atoms with van der Waals surface area (Å²) in [6.07, 6.45) is 3.58. The molecule has 1 aromatic heterocycles. The molecule has 2 N–H and O–H groups in total. The number of methoxy groups -OCH3 is 2. The first-order valence-corrected chi connectivity index (χ1v) is 23.0. The molecule has 1 unspecified atom stereocenters. The molecule has 3 aliphatic heterocycles. The Hall–Kier alpha value is -4.89. The number of piperazine rings is 1. The van der Waals surface area contributed by atoms with E-state index < -0.39 is 13.7 Å². The van der Waals surface area contributed by atoms with E-state index in [1.807, 2.05) is 76.4 Å². The molecule has 2 fully saturated rings. The van der Waals surface area contributed by atoms with Gasteiger partial charge in [-0.2, -0.15) is 0 Å². The smallest absolute Gasteiger partial charge is 0.305 e. The summed E-state index contributed by atoms with van der Waals surface area (Å²) in [4.78, 5) is 44.0. The number of esters is 1. The number of fused-ring (bicyclic) bond motifs is 2. The third kappa shape index (κ3) is 7.63. The molecule has 4 aromatic rings. The van der Waals surface area contributed by atoms with E-state index in [0.717, 1.165) is 28.3 Å². The third-order valence-electron chi connectivity index (χ3n) is 12.4. The van der Waals surface area contributed by atoms with Crippen LogP contribution in [-0.4, -0.2) is 99.1 Å². The second kappa shape index (κ2) is 16.9. The molecule has 302 valence electrons. The van der Waals surface area contributed by atoms with Gasteiger partial charge < -0.3 is 34.4 Å². The van der Waals surface area contributed by atoms with Gasteiger partial charge in [-0.05, 0) is 60.7 Å². The van der Waals surface area contributed by atoms with E-state index in [2.05, 4.69) is 47.8 Å². The van der Waals surface area contributed by atoms with Crippen LogP contribution in [0, 0.1) is 5.92 Å². The Bertz CT molecular complexity index is 2060. The number of hydrogen-bond acceptors (Lipinski definition) is 10. The van der Waals surface area contributed by atoms with E-state index in [-0.39, 0.29) is 60.8 Å². The quantitative estimate of drug-likeness (QED) is 0.101. The summed E-state index contributed by atoms with van der Waals surface area (Å²) in [5.74, 6) is -0.177. The lowest BCUT2D eigenvalue weighted by Gasteiger charge is -2.37. The molecule has 4 heterocycles. The number of ether oxygens (including phenoxy) is 3. The first-order valence-electron chi connectivity index (χ1n) is 20.0. The number of nitrogens with zero attached hydrogens (tertiary/aromatic N) is 5. The number of benzene rings is 3. The minimum Gasteiger partial charge on any atom is -0.497 e. The summed E-state index contributed by atoms with van der Waals surface area (Å²) in [6, 6.07) is 24.0. The SMILES string of the molecule is COC(=O)CCCCN1C(=O)[C@@]2(O[C@@H](CCn3cc(C(CO)c4ccccc4)nn3)[C@H]([Si](C)(C)c3ccc(OC)cc3)[C@H]2C)c2cc(N3CCNCC3=O)ccc21. The van der Waals surface area contributed by atoms with Gasteiger partial charge in [-0.3, -0.25) is 19.1 Å². The molecule has 57 heavy (non-hydrogen) atoms. The zero-order chi connectivity index (χ0) is 40.3. The predicted molar refractivity (Wildman–Crippen MR) is 219 cm³/mol. The average Bonchev–Trinajstić information content (AvgIpc) is 3.89. The van der Waals surface area contributed by atoms with Gasteiger partial charge in [0.15, 0.2) is 5.60 Å². The van der Waals surface area contributed by atoms with Crippen molar-refractivity contribution in [1.82, 2.24) is 20.3 Å². The van der Waals surface area contributed by atoms with E-state index in [9.17, 15) is 14.7 Å². The maximum atomic E-state index is 15.3. The van der Waals surface area contributed by atoms with Crippen LogP contribution in [0.5, 0.6) is 5.75 Å². The van der Waals surface area contributed by atoms with Gasteiger partial charge in [-0.25, -0.2) is 0 Å². The van der Waals surface area contributed by atoms with E-state index in [4.69, 9.17) is 14.2 Å². The lowest BCUT2D eigenvalue weighted by atomic mass is 9.82. The molecule has 3 aromatic carbocycles. The highest BCUT2D eigenvalue weighted by molar-refractivity contribution is 6.91. The van der Waals surface area contributed by atoms with Crippen molar-refractivity contribution in [3.63, 3.8) is 0 Å². The van der Waals surface area contributed by atoms with Crippen LogP contribution in [0.1, 0.15) is 55.3 Å². The fourth-order valence-electron chi connectivity index (χ4n) is 9.38. The number of rotatable bonds is 15. The van der Waals surface area contributed by atoms with E-state index >= 15 is 4.79 Å². The minimum atomic E-state index is -2.43. The van der Waals surface area contributed by atoms with Crippen molar-refractivity contribution in [2.75, 3.05) is 56.8 Å². The summed E-state index contributed by atoms with van der Waals surface area (Å²) in [7, 11) is 0.610. The van der Waals surface area contributed by atoms with Crippen LogP contribution >= 0.6 is 0 Å². The second-order valence-corrected chi connectivity index (χ2v) is 20.6. The van der Waals surface area contributed by atoms with E-state index in [0.29, 0.717) is 51.1 Å². The van der Waals surface area contributed by atoms with Gasteiger partial charge in [0.05, 0.1) is 58.8 Å². The van der Waals surface area contributed by atoms with Crippen LogP contribution < -0.4 is 25.0 Å². The van der Waals surface area contributed by atoms with Crippen LogP contribution in [0.2, 0.25) is 18.6 Å². The largest absolute Gasteiger partial charge is 0.497 e. The lowest BCUT2D eigenvalue weighted by Crippen LogP contribution is -2.52. The molecule has 5 atom stereocenters. The second-order valence-electron chi connectivity index (χ2n) is 15.9. The topological polar surface area (TPSA) is 148 Å². The fraction of sp³-hybridized carbons (Fsp3) is 0.465. The number of aliphatic hydroxyl groups is 1. The van der Waals surface area contributed by atoms with E-state index in [1.54, 1.807) is 12.0 Å². The summed E-state index contributed by atoms with van der Waals surface area (Å²) >= 11 is 0. The zero-order valence-electron chi connectivity index (χ0n) is 33.5. The van der Waals surface area contributed by atoms with Crippen molar-refractivity contribution in [3.05, 3.63) is 95.8 Å². The fourth-order valence-corrected chi connectivity index (χ4v) is 13.4. The number of aromatic nitrogens is 3. The molecule has 0 bridgehead atoms. The van der Waals surface area contributed by atoms with Gasteiger partial charge in [0.2, 0.25) is 5.91 Å². The molecular weight excluding hydrogens is 741 g/mol. The standard InChI is InChI=1S/C43H54N6O7Si/c1-29-41(57(4,5)33-17-15-32(54-2)16-18-33)38(20-23-47-27-36(45-46-47)34(28-50)30-11-7-6-8-12-30)56-43(29)35-25-31(48-24-21-44-26-39(48)51)14-19-37(35)49(42(43)53)22-10-9-13-40(52)55-3/h6-8,11-12,14-19,25,27,29,34,38,41,44,50H,9-10,13,20-24,26,28H2,1-5H3/t29-,34?,38+,41-,43+/m1/s1. The monoisotopic (exact) mass is 794 g/mol. The number of unbranched alkanes of at least 4 members (excludes halogenated alkanes) is 1. The van der Waals surface area contributed by atoms with Gasteiger partial charge >= 0.3 is 5.97 Å². The minimum absolute atomic E-state index is 0.0102. The van der Waals surface area contributed by atoms with Crippen molar-refractivity contribution in [1.29, 1.82) is 0 Å². The first-order chi connectivity index (χ1) is 27.5. The third-order valence-corrected chi connectivity index (χ3v) is 16.8. The van der Waals surface area contributed by atoms with Crippen molar-refractivity contribution < 1.29 is 33.7 Å². The van der Waals surface area contributed by atoms with Crippen molar-refractivity contribution in [2.24, 2.45) is 5.92 Å². The molecule has 0 radical (unpaired) electrons. The molecule has 13 nitrogen and oxygen atoms in total. The maximum Gasteiger partial charge on any atom is 0.305 e. The van der Waals surface area contributed by atoms with Crippen LogP contribution in [-0.2, 0) is 36.0 Å². The summed E-state index contributed by atoms with van der Waals surface area (Å²) in [5, 5.41) is 23.7. The number of aliphatic hydroxyl groups excluding tert-OH is 1. The van der Waals surface area contributed by atoms with Gasteiger partial charge in [0.1, 0.15) is 5.75 Å². The van der Waals surface area contributed by atoms with Crippen molar-refractivity contribution in [3.8, 4) is 5.75 Å². The number of aryl methyl sites for hydroxylation is 1. The van der Waals surface area contributed by atoms with Gasteiger partial charge in [-0.1, -0.05) is 72.9 Å². The molecular formula is C43H54N6O7Si. The zero-order valence-corrected chi connectivity index (χ0v) is 34.5. The molecule has 0 aliphatic carbocycles. The highest BCUT2D eigenvalue weighted by Crippen LogP contribution is 2.60. The molecule has 3 aliphatic rings. The van der Waals surface area contributed by atoms with E-state index in [1.165, 1.54) is 12.3 Å². The summed E-state index contributed by atoms with van der Waals surface area (Å²) in [5.41, 5.74) is 2.63.